The molecule has 6 nitrogen and oxygen atoms in total. The number of benzene rings is 2. The number of methoxy groups -OCH3 is 1. The van der Waals surface area contributed by atoms with E-state index in [-0.39, 0.29) is 5.82 Å². The number of nitrogens with two attached hydrogens (primary N) is 1. The van der Waals surface area contributed by atoms with Crippen LogP contribution in [0.25, 0.3) is 0 Å². The van der Waals surface area contributed by atoms with Gasteiger partial charge in [0.2, 0.25) is 5.91 Å². The first kappa shape index (κ1) is 22.2. The van der Waals surface area contributed by atoms with Gasteiger partial charge in [-0.25, -0.2) is 4.39 Å². The fourth-order valence-electron chi connectivity index (χ4n) is 2.96. The lowest BCUT2D eigenvalue weighted by molar-refractivity contribution is -0.121. The Morgan fingerprint density at radius 2 is 1.86 bits per heavy atom. The number of aliphatic imine (C=N–C) groups is 1. The highest BCUT2D eigenvalue weighted by molar-refractivity contribution is 5.81. The first-order valence-electron chi connectivity index (χ1n) is 9.54. The zero-order valence-electron chi connectivity index (χ0n) is 17.2. The summed E-state index contributed by atoms with van der Waals surface area (Å²) < 4.78 is 18.4. The molecule has 0 heterocycles. The average Bonchev–Trinajstić information content (AvgIpc) is 2.71. The number of nitrogens with one attached hydrogen (secondary N) is 2. The van der Waals surface area contributed by atoms with Crippen molar-refractivity contribution >= 4 is 11.9 Å². The smallest absolute Gasteiger partial charge is 0.222 e. The second-order valence-corrected chi connectivity index (χ2v) is 6.86. The maximum absolute atomic E-state index is 13.1. The van der Waals surface area contributed by atoms with Gasteiger partial charge in [-0.3, -0.25) is 9.79 Å². The van der Waals surface area contributed by atoms with Crippen LogP contribution >= 0.6 is 0 Å². The molecule has 0 aliphatic carbocycles. The molecular weight excluding hydrogens is 371 g/mol. The molecule has 29 heavy (non-hydrogen) atoms. The average molecular weight is 400 g/mol. The topological polar surface area (TPSA) is 88.7 Å². The molecule has 0 aromatic heterocycles. The van der Waals surface area contributed by atoms with Gasteiger partial charge in [-0.1, -0.05) is 24.3 Å². The van der Waals surface area contributed by atoms with Crippen LogP contribution in [-0.2, 0) is 17.6 Å². The number of halogens is 1. The largest absolute Gasteiger partial charge is 0.496 e. The Hall–Kier alpha value is -3.09. The van der Waals surface area contributed by atoms with Gasteiger partial charge in [-0.05, 0) is 54.7 Å². The molecule has 0 aliphatic rings. The molecule has 0 aliphatic heterocycles. The van der Waals surface area contributed by atoms with Crippen molar-refractivity contribution in [1.29, 1.82) is 0 Å². The van der Waals surface area contributed by atoms with E-state index in [0.717, 1.165) is 28.9 Å². The molecule has 7 heteroatoms. The lowest BCUT2D eigenvalue weighted by Gasteiger charge is -2.17. The molecule has 2 aromatic carbocycles. The Kier molecular flexibility index (Phi) is 8.45. The molecule has 0 fully saturated rings. The lowest BCUT2D eigenvalue weighted by atomic mass is 9.98. The molecular formula is C22H29FN4O2. The molecule has 0 saturated carbocycles. The molecule has 1 amide bonds. The van der Waals surface area contributed by atoms with Gasteiger partial charge in [0.1, 0.15) is 11.6 Å². The molecule has 1 atom stereocenters. The normalized spacial score (nSPS) is 12.3. The zero-order chi connectivity index (χ0) is 21.2. The fourth-order valence-corrected chi connectivity index (χ4v) is 2.96. The van der Waals surface area contributed by atoms with Gasteiger partial charge in [-0.15, -0.1) is 0 Å². The van der Waals surface area contributed by atoms with Crippen molar-refractivity contribution in [3.05, 3.63) is 65.0 Å². The highest BCUT2D eigenvalue weighted by Crippen LogP contribution is 2.19. The van der Waals surface area contributed by atoms with Gasteiger partial charge >= 0.3 is 0 Å². The van der Waals surface area contributed by atoms with Crippen LogP contribution < -0.4 is 21.1 Å². The van der Waals surface area contributed by atoms with Gasteiger partial charge in [0, 0.05) is 20.1 Å². The van der Waals surface area contributed by atoms with Gasteiger partial charge in [0.15, 0.2) is 5.96 Å². The minimum Gasteiger partial charge on any atom is -0.496 e. The summed E-state index contributed by atoms with van der Waals surface area (Å²) in [5.74, 6) is 0.312. The van der Waals surface area contributed by atoms with E-state index in [1.807, 2.05) is 19.1 Å². The van der Waals surface area contributed by atoms with Crippen LogP contribution in [0.4, 0.5) is 4.39 Å². The minimum absolute atomic E-state index is 0.307. The Morgan fingerprint density at radius 3 is 2.48 bits per heavy atom. The van der Waals surface area contributed by atoms with Gasteiger partial charge in [0.05, 0.1) is 13.0 Å². The minimum atomic E-state index is -0.430. The summed E-state index contributed by atoms with van der Waals surface area (Å²) >= 11 is 0. The van der Waals surface area contributed by atoms with E-state index in [4.69, 9.17) is 10.5 Å². The SMILES string of the molecule is CN=C(NCCc1ccc(C)c(OC)c1)NCC(Cc1ccc(F)cc1)C(N)=O. The second-order valence-electron chi connectivity index (χ2n) is 6.86. The van der Waals surface area contributed by atoms with E-state index in [0.29, 0.717) is 25.5 Å². The summed E-state index contributed by atoms with van der Waals surface area (Å²) in [5.41, 5.74) is 8.64. The second kappa shape index (κ2) is 11.0. The fraction of sp³-hybridized carbons (Fsp3) is 0.364. The summed E-state index contributed by atoms with van der Waals surface area (Å²) in [5, 5.41) is 6.37. The summed E-state index contributed by atoms with van der Waals surface area (Å²) in [4.78, 5) is 16.0. The lowest BCUT2D eigenvalue weighted by Crippen LogP contribution is -2.43. The van der Waals surface area contributed by atoms with Crippen LogP contribution in [0.1, 0.15) is 16.7 Å². The van der Waals surface area contributed by atoms with Crippen molar-refractivity contribution in [2.45, 2.75) is 19.8 Å². The molecule has 0 spiro atoms. The summed E-state index contributed by atoms with van der Waals surface area (Å²) in [6.45, 7) is 3.02. The Bertz CT molecular complexity index is 837. The van der Waals surface area contributed by atoms with Crippen LogP contribution in [0.3, 0.4) is 0 Å². The number of carbonyl (C=O) groups is 1. The molecule has 0 saturated heterocycles. The third-order valence-corrected chi connectivity index (χ3v) is 4.72. The van der Waals surface area contributed by atoms with E-state index >= 15 is 0 Å². The molecule has 0 bridgehead atoms. The maximum Gasteiger partial charge on any atom is 0.222 e. The van der Waals surface area contributed by atoms with Crippen LogP contribution in [0, 0.1) is 18.7 Å². The number of nitrogens with zero attached hydrogens (tertiary/aromatic N) is 1. The number of carbonyl (C=O) groups excluding carboxylic acids is 1. The van der Waals surface area contributed by atoms with E-state index in [2.05, 4.69) is 21.7 Å². The quantitative estimate of drug-likeness (QED) is 0.445. The number of primary amides is 1. The van der Waals surface area contributed by atoms with Crippen LogP contribution in [0.5, 0.6) is 5.75 Å². The number of hydrogen-bond donors (Lipinski definition) is 3. The molecule has 0 radical (unpaired) electrons. The number of guanidine groups is 1. The van der Waals surface area contributed by atoms with Crippen molar-refractivity contribution in [2.75, 3.05) is 27.2 Å². The standard InChI is InChI=1S/C22H29FN4O2/c1-15-4-5-17(13-20(15)29-3)10-11-26-22(25-2)27-14-18(21(24)28)12-16-6-8-19(23)9-7-16/h4-9,13,18H,10-12,14H2,1-3H3,(H2,24,28)(H2,25,26,27). The van der Waals surface area contributed by atoms with E-state index in [1.54, 1.807) is 26.3 Å². The zero-order valence-corrected chi connectivity index (χ0v) is 17.2. The summed E-state index contributed by atoms with van der Waals surface area (Å²) in [7, 11) is 3.33. The van der Waals surface area contributed by atoms with E-state index in [9.17, 15) is 9.18 Å². The number of amides is 1. The highest BCUT2D eigenvalue weighted by atomic mass is 19.1. The summed E-state index contributed by atoms with van der Waals surface area (Å²) in [6.07, 6.45) is 1.23. The third kappa shape index (κ3) is 7.10. The van der Waals surface area contributed by atoms with Gasteiger partial charge < -0.3 is 21.1 Å². The van der Waals surface area contributed by atoms with Crippen molar-refractivity contribution in [3.63, 3.8) is 0 Å². The van der Waals surface area contributed by atoms with Crippen LogP contribution in [0.15, 0.2) is 47.5 Å². The maximum atomic E-state index is 13.1. The molecule has 156 valence electrons. The molecule has 2 aromatic rings. The van der Waals surface area contributed by atoms with Crippen molar-refractivity contribution in [1.82, 2.24) is 10.6 Å². The van der Waals surface area contributed by atoms with Crippen molar-refractivity contribution in [3.8, 4) is 5.75 Å². The van der Waals surface area contributed by atoms with E-state index in [1.165, 1.54) is 12.1 Å². The number of rotatable bonds is 9. The Morgan fingerprint density at radius 1 is 1.17 bits per heavy atom. The predicted molar refractivity (Wildman–Crippen MR) is 114 cm³/mol. The van der Waals surface area contributed by atoms with Gasteiger partial charge in [-0.2, -0.15) is 0 Å². The Labute approximate surface area is 171 Å². The third-order valence-electron chi connectivity index (χ3n) is 4.72. The monoisotopic (exact) mass is 400 g/mol. The Balaban J connectivity index is 1.84. The van der Waals surface area contributed by atoms with Crippen molar-refractivity contribution < 1.29 is 13.9 Å². The number of hydrogen-bond acceptors (Lipinski definition) is 3. The molecule has 4 N–H and O–H groups in total. The molecule has 1 unspecified atom stereocenters. The number of ether oxygens (including phenoxy) is 1. The highest BCUT2D eigenvalue weighted by Gasteiger charge is 2.16. The first-order chi connectivity index (χ1) is 13.9. The van der Waals surface area contributed by atoms with Crippen LogP contribution in [0.2, 0.25) is 0 Å². The predicted octanol–water partition coefficient (Wildman–Crippen LogP) is 2.19. The molecule has 2 rings (SSSR count). The summed E-state index contributed by atoms with van der Waals surface area (Å²) in [6, 6.07) is 12.2. The van der Waals surface area contributed by atoms with E-state index < -0.39 is 11.8 Å². The van der Waals surface area contributed by atoms with Gasteiger partial charge in [0.25, 0.3) is 0 Å². The first-order valence-corrected chi connectivity index (χ1v) is 9.54. The number of aryl methyl sites for hydroxylation is 1. The van der Waals surface area contributed by atoms with Crippen LogP contribution in [-0.4, -0.2) is 39.1 Å². The van der Waals surface area contributed by atoms with Crippen molar-refractivity contribution in [2.24, 2.45) is 16.6 Å².